The number of hydrogen-bond acceptors (Lipinski definition) is 4. The van der Waals surface area contributed by atoms with E-state index >= 15 is 0 Å². The molecule has 0 bridgehead atoms. The van der Waals surface area contributed by atoms with Crippen LogP contribution in [0.15, 0.2) is 0 Å². The topological polar surface area (TPSA) is 37.8 Å². The minimum absolute atomic E-state index is 0.0518. The van der Waals surface area contributed by atoms with E-state index < -0.39 is 0 Å². The highest BCUT2D eigenvalue weighted by Crippen LogP contribution is 2.39. The Morgan fingerprint density at radius 3 is 2.62 bits per heavy atom. The SMILES string of the molecule is CCCNc1nc(C2CCCCS2)nc(C(C)(C)C)c1I. The zero-order chi connectivity index (χ0) is 15.5. The van der Waals surface area contributed by atoms with Gasteiger partial charge in [0.25, 0.3) is 0 Å². The van der Waals surface area contributed by atoms with Crippen molar-refractivity contribution in [2.24, 2.45) is 0 Å². The average molecular weight is 419 g/mol. The third-order valence-corrected chi connectivity index (χ3v) is 5.98. The summed E-state index contributed by atoms with van der Waals surface area (Å²) in [5.74, 6) is 3.30. The molecule has 0 aliphatic carbocycles. The van der Waals surface area contributed by atoms with Gasteiger partial charge in [0, 0.05) is 12.0 Å². The molecule has 21 heavy (non-hydrogen) atoms. The largest absolute Gasteiger partial charge is 0.369 e. The van der Waals surface area contributed by atoms with E-state index in [0.717, 1.165) is 24.6 Å². The van der Waals surface area contributed by atoms with Crippen molar-refractivity contribution in [3.63, 3.8) is 0 Å². The van der Waals surface area contributed by atoms with Gasteiger partial charge in [-0.05, 0) is 47.6 Å². The van der Waals surface area contributed by atoms with Gasteiger partial charge in [0.2, 0.25) is 0 Å². The lowest BCUT2D eigenvalue weighted by atomic mass is 9.91. The smallest absolute Gasteiger partial charge is 0.144 e. The molecule has 0 saturated carbocycles. The third kappa shape index (κ3) is 4.47. The van der Waals surface area contributed by atoms with E-state index in [1.165, 1.54) is 34.3 Å². The predicted octanol–water partition coefficient (Wildman–Crippen LogP) is 5.16. The lowest BCUT2D eigenvalue weighted by Crippen LogP contribution is -2.21. The van der Waals surface area contributed by atoms with Gasteiger partial charge in [-0.2, -0.15) is 11.8 Å². The summed E-state index contributed by atoms with van der Waals surface area (Å²) in [4.78, 5) is 9.81. The van der Waals surface area contributed by atoms with Crippen molar-refractivity contribution < 1.29 is 0 Å². The van der Waals surface area contributed by atoms with Crippen LogP contribution in [-0.2, 0) is 5.41 Å². The summed E-state index contributed by atoms with van der Waals surface area (Å²) < 4.78 is 1.18. The average Bonchev–Trinajstić information content (AvgIpc) is 2.46. The Morgan fingerprint density at radius 1 is 1.29 bits per heavy atom. The number of halogens is 1. The van der Waals surface area contributed by atoms with Crippen molar-refractivity contribution in [2.75, 3.05) is 17.6 Å². The van der Waals surface area contributed by atoms with Gasteiger partial charge in [-0.15, -0.1) is 0 Å². The van der Waals surface area contributed by atoms with E-state index in [1.807, 2.05) is 11.8 Å². The predicted molar refractivity (Wildman–Crippen MR) is 101 cm³/mol. The summed E-state index contributed by atoms with van der Waals surface area (Å²) in [6.45, 7) is 9.86. The standard InChI is InChI=1S/C16H26IN3S/c1-5-9-18-15-12(17)13(16(2,3)4)19-14(20-15)11-8-6-7-10-21-11/h11H,5-10H2,1-4H3,(H,18,19,20). The molecule has 1 N–H and O–H groups in total. The van der Waals surface area contributed by atoms with Gasteiger partial charge in [-0.1, -0.05) is 34.1 Å². The van der Waals surface area contributed by atoms with Gasteiger partial charge in [0.15, 0.2) is 0 Å². The summed E-state index contributed by atoms with van der Waals surface area (Å²) >= 11 is 4.42. The molecule has 5 heteroatoms. The van der Waals surface area contributed by atoms with Crippen LogP contribution in [0.3, 0.4) is 0 Å². The first-order valence-electron chi connectivity index (χ1n) is 7.87. The Bertz CT molecular complexity index is 479. The van der Waals surface area contributed by atoms with Crippen LogP contribution in [0, 0.1) is 3.57 Å². The molecule has 1 unspecified atom stereocenters. The normalized spacial score (nSPS) is 19.6. The fourth-order valence-corrected chi connectivity index (χ4v) is 4.89. The van der Waals surface area contributed by atoms with Gasteiger partial charge in [-0.25, -0.2) is 9.97 Å². The Balaban J connectivity index is 2.39. The van der Waals surface area contributed by atoms with Crippen LogP contribution in [-0.4, -0.2) is 22.3 Å². The summed E-state index contributed by atoms with van der Waals surface area (Å²) in [6, 6.07) is 0. The number of hydrogen-bond donors (Lipinski definition) is 1. The lowest BCUT2D eigenvalue weighted by molar-refractivity contribution is 0.553. The molecule has 2 rings (SSSR count). The first-order valence-corrected chi connectivity index (χ1v) is 9.99. The molecule has 0 radical (unpaired) electrons. The maximum absolute atomic E-state index is 4.96. The van der Waals surface area contributed by atoms with Crippen LogP contribution >= 0.6 is 34.4 Å². The minimum Gasteiger partial charge on any atom is -0.369 e. The fraction of sp³-hybridized carbons (Fsp3) is 0.750. The van der Waals surface area contributed by atoms with Gasteiger partial charge < -0.3 is 5.32 Å². The molecule has 1 aromatic heterocycles. The molecule has 1 atom stereocenters. The zero-order valence-electron chi connectivity index (χ0n) is 13.5. The summed E-state index contributed by atoms with van der Waals surface area (Å²) in [7, 11) is 0. The van der Waals surface area contributed by atoms with Crippen molar-refractivity contribution in [1.29, 1.82) is 0 Å². The first kappa shape index (κ1) is 17.3. The van der Waals surface area contributed by atoms with E-state index in [1.54, 1.807) is 0 Å². The Labute approximate surface area is 146 Å². The van der Waals surface area contributed by atoms with E-state index in [2.05, 4.69) is 55.6 Å². The number of nitrogens with one attached hydrogen (secondary N) is 1. The number of rotatable bonds is 4. The molecule has 1 aliphatic rings. The summed E-state index contributed by atoms with van der Waals surface area (Å²) in [5, 5.41) is 3.96. The van der Waals surface area contributed by atoms with Crippen molar-refractivity contribution in [3.05, 3.63) is 15.1 Å². The van der Waals surface area contributed by atoms with Crippen LogP contribution in [0.5, 0.6) is 0 Å². The molecule has 1 aliphatic heterocycles. The minimum atomic E-state index is 0.0518. The highest BCUT2D eigenvalue weighted by Gasteiger charge is 2.26. The molecule has 2 heterocycles. The van der Waals surface area contributed by atoms with E-state index in [-0.39, 0.29) is 5.41 Å². The first-order chi connectivity index (χ1) is 9.93. The second kappa shape index (κ2) is 7.49. The Morgan fingerprint density at radius 2 is 2.05 bits per heavy atom. The van der Waals surface area contributed by atoms with Gasteiger partial charge >= 0.3 is 0 Å². The van der Waals surface area contributed by atoms with Crippen molar-refractivity contribution in [1.82, 2.24) is 9.97 Å². The van der Waals surface area contributed by atoms with Gasteiger partial charge in [0.05, 0.1) is 14.5 Å². The maximum Gasteiger partial charge on any atom is 0.144 e. The quantitative estimate of drug-likeness (QED) is 0.685. The Kier molecular flexibility index (Phi) is 6.17. The van der Waals surface area contributed by atoms with Crippen LogP contribution in [0.25, 0.3) is 0 Å². The monoisotopic (exact) mass is 419 g/mol. The van der Waals surface area contributed by atoms with Crippen molar-refractivity contribution in [3.8, 4) is 0 Å². The van der Waals surface area contributed by atoms with Gasteiger partial charge in [-0.3, -0.25) is 0 Å². The maximum atomic E-state index is 4.96. The van der Waals surface area contributed by atoms with E-state index in [9.17, 15) is 0 Å². The molecule has 1 saturated heterocycles. The molecular weight excluding hydrogens is 393 g/mol. The van der Waals surface area contributed by atoms with Crippen molar-refractivity contribution in [2.45, 2.75) is 64.0 Å². The summed E-state index contributed by atoms with van der Waals surface area (Å²) in [6.07, 6.45) is 4.95. The zero-order valence-corrected chi connectivity index (χ0v) is 16.5. The molecule has 0 amide bonds. The van der Waals surface area contributed by atoms with Crippen LogP contribution in [0.1, 0.15) is 70.1 Å². The second-order valence-corrected chi connectivity index (χ2v) is 9.01. The van der Waals surface area contributed by atoms with Crippen LogP contribution in [0.2, 0.25) is 0 Å². The van der Waals surface area contributed by atoms with E-state index in [0.29, 0.717) is 5.25 Å². The fourth-order valence-electron chi connectivity index (χ4n) is 2.41. The van der Waals surface area contributed by atoms with E-state index in [4.69, 9.17) is 9.97 Å². The van der Waals surface area contributed by atoms with Crippen molar-refractivity contribution >= 4 is 40.2 Å². The van der Waals surface area contributed by atoms with Gasteiger partial charge in [0.1, 0.15) is 11.6 Å². The van der Waals surface area contributed by atoms with Crippen LogP contribution < -0.4 is 5.32 Å². The summed E-state index contributed by atoms with van der Waals surface area (Å²) in [5.41, 5.74) is 1.23. The van der Waals surface area contributed by atoms with Crippen LogP contribution in [0.4, 0.5) is 5.82 Å². The number of nitrogens with zero attached hydrogens (tertiary/aromatic N) is 2. The molecule has 118 valence electrons. The highest BCUT2D eigenvalue weighted by atomic mass is 127. The third-order valence-electron chi connectivity index (χ3n) is 3.59. The number of anilines is 1. The second-order valence-electron chi connectivity index (χ2n) is 6.62. The molecule has 3 nitrogen and oxygen atoms in total. The number of aromatic nitrogens is 2. The molecular formula is C16H26IN3S. The number of thioether (sulfide) groups is 1. The Hall–Kier alpha value is -0.0400. The molecule has 1 aromatic rings. The molecule has 0 spiro atoms. The molecule has 1 fully saturated rings. The molecule has 0 aromatic carbocycles. The highest BCUT2D eigenvalue weighted by molar-refractivity contribution is 14.1. The lowest BCUT2D eigenvalue weighted by Gasteiger charge is -2.25.